The maximum atomic E-state index is 13.3. The zero-order chi connectivity index (χ0) is 13.8. The summed E-state index contributed by atoms with van der Waals surface area (Å²) in [5.74, 6) is -0.0659. The van der Waals surface area contributed by atoms with Crippen LogP contribution >= 0.6 is 0 Å². The molecule has 4 heteroatoms. The van der Waals surface area contributed by atoms with Crippen molar-refractivity contribution >= 4 is 5.78 Å². The third kappa shape index (κ3) is 3.61. The summed E-state index contributed by atoms with van der Waals surface area (Å²) in [7, 11) is 0. The van der Waals surface area contributed by atoms with Crippen LogP contribution in [0.3, 0.4) is 0 Å². The van der Waals surface area contributed by atoms with E-state index in [4.69, 9.17) is 4.74 Å². The van der Waals surface area contributed by atoms with Gasteiger partial charge in [0, 0.05) is 12.8 Å². The number of carbonyl (C=O) groups is 1. The van der Waals surface area contributed by atoms with Crippen molar-refractivity contribution in [2.75, 3.05) is 6.61 Å². The van der Waals surface area contributed by atoms with E-state index in [9.17, 15) is 14.3 Å². The normalized spacial score (nSPS) is 18.6. The van der Waals surface area contributed by atoms with Gasteiger partial charge in [-0.25, -0.2) is 4.39 Å². The minimum Gasteiger partial charge on any atom is -0.393 e. The van der Waals surface area contributed by atoms with Gasteiger partial charge in [0.25, 0.3) is 0 Å². The zero-order valence-corrected chi connectivity index (χ0v) is 11.1. The molecule has 0 heterocycles. The van der Waals surface area contributed by atoms with Gasteiger partial charge in [0.05, 0.1) is 12.7 Å². The number of Topliss-reactive ketones (excluding diaryl/α,β-unsaturated/α-hetero) is 1. The Kier molecular flexibility index (Phi) is 4.66. The van der Waals surface area contributed by atoms with Gasteiger partial charge in [-0.3, -0.25) is 4.79 Å². The Balaban J connectivity index is 2.07. The number of benzene rings is 1. The lowest BCUT2D eigenvalue weighted by Crippen LogP contribution is -2.25. The number of hydrogen-bond acceptors (Lipinski definition) is 3. The van der Waals surface area contributed by atoms with Crippen LogP contribution in [0.5, 0.6) is 0 Å². The van der Waals surface area contributed by atoms with Crippen LogP contribution in [0.4, 0.5) is 4.39 Å². The number of aryl methyl sites for hydroxylation is 1. The Labute approximate surface area is 112 Å². The van der Waals surface area contributed by atoms with Gasteiger partial charge in [0.15, 0.2) is 0 Å². The summed E-state index contributed by atoms with van der Waals surface area (Å²) in [6.45, 7) is 1.68. The van der Waals surface area contributed by atoms with Crippen LogP contribution in [-0.2, 0) is 9.53 Å². The van der Waals surface area contributed by atoms with Crippen molar-refractivity contribution in [3.05, 3.63) is 35.1 Å². The van der Waals surface area contributed by atoms with E-state index in [1.165, 1.54) is 12.1 Å². The van der Waals surface area contributed by atoms with Crippen molar-refractivity contribution in [1.82, 2.24) is 0 Å². The summed E-state index contributed by atoms with van der Waals surface area (Å²) in [6.07, 6.45) is 1.88. The Morgan fingerprint density at radius 2 is 2.11 bits per heavy atom. The minimum absolute atomic E-state index is 0.0301. The molecule has 0 unspecified atom stereocenters. The number of aliphatic hydroxyl groups is 1. The number of hydrogen-bond donors (Lipinski definition) is 1. The van der Waals surface area contributed by atoms with E-state index in [0.717, 1.165) is 5.56 Å². The van der Waals surface area contributed by atoms with Gasteiger partial charge in [-0.05, 0) is 43.0 Å². The molecule has 1 aromatic carbocycles. The lowest BCUT2D eigenvalue weighted by atomic mass is 9.96. The second-order valence-electron chi connectivity index (χ2n) is 5.05. The molecule has 19 heavy (non-hydrogen) atoms. The van der Waals surface area contributed by atoms with Crippen LogP contribution in [0.1, 0.15) is 42.9 Å². The lowest BCUT2D eigenvalue weighted by Gasteiger charge is -2.27. The molecule has 2 rings (SSSR count). The first-order valence-electron chi connectivity index (χ1n) is 6.64. The molecule has 1 aliphatic rings. The molecule has 1 atom stereocenters. The van der Waals surface area contributed by atoms with Crippen molar-refractivity contribution < 1.29 is 19.0 Å². The number of halogens is 1. The van der Waals surface area contributed by atoms with Crippen LogP contribution in [0.25, 0.3) is 0 Å². The second-order valence-corrected chi connectivity index (χ2v) is 5.05. The molecule has 0 spiro atoms. The fourth-order valence-electron chi connectivity index (χ4n) is 2.45. The van der Waals surface area contributed by atoms with Gasteiger partial charge >= 0.3 is 0 Å². The molecule has 0 saturated heterocycles. The minimum atomic E-state index is -0.520. The fraction of sp³-hybridized carbons (Fsp3) is 0.533. The summed E-state index contributed by atoms with van der Waals surface area (Å²) in [5.41, 5.74) is 1.58. The number of ketones is 1. The smallest absolute Gasteiger partial charge is 0.133 e. The molecular weight excluding hydrogens is 247 g/mol. The van der Waals surface area contributed by atoms with Crippen molar-refractivity contribution in [2.45, 2.75) is 44.8 Å². The van der Waals surface area contributed by atoms with Gasteiger partial charge in [-0.2, -0.15) is 0 Å². The SMILES string of the molecule is Cc1ccc(F)cc1[C@H](CO)OC1CCC(=O)CC1. The Bertz CT molecular complexity index is 449. The molecule has 1 saturated carbocycles. The highest BCUT2D eigenvalue weighted by Crippen LogP contribution is 2.27. The first kappa shape index (κ1) is 14.2. The monoisotopic (exact) mass is 266 g/mol. The standard InChI is InChI=1S/C15H19FO3/c1-10-2-3-11(16)8-14(10)15(9-17)19-13-6-4-12(18)5-7-13/h2-3,8,13,15,17H,4-7,9H2,1H3/t15-/m0/s1. The average molecular weight is 266 g/mol. The predicted molar refractivity (Wildman–Crippen MR) is 69.3 cm³/mol. The topological polar surface area (TPSA) is 46.5 Å². The molecular formula is C15H19FO3. The molecule has 1 N–H and O–H groups in total. The average Bonchev–Trinajstić information content (AvgIpc) is 2.41. The van der Waals surface area contributed by atoms with Crippen LogP contribution in [-0.4, -0.2) is 23.6 Å². The Morgan fingerprint density at radius 1 is 1.42 bits per heavy atom. The number of aliphatic hydroxyl groups excluding tert-OH is 1. The van der Waals surface area contributed by atoms with E-state index in [1.54, 1.807) is 6.07 Å². The maximum absolute atomic E-state index is 13.3. The number of carbonyl (C=O) groups excluding carboxylic acids is 1. The highest BCUT2D eigenvalue weighted by atomic mass is 19.1. The van der Waals surface area contributed by atoms with Gasteiger partial charge in [-0.1, -0.05) is 6.07 Å². The molecule has 0 aromatic heterocycles. The van der Waals surface area contributed by atoms with Crippen LogP contribution < -0.4 is 0 Å². The first-order chi connectivity index (χ1) is 9.10. The second kappa shape index (κ2) is 6.26. The molecule has 1 fully saturated rings. The third-order valence-electron chi connectivity index (χ3n) is 3.60. The number of rotatable bonds is 4. The van der Waals surface area contributed by atoms with Crippen LogP contribution in [0.15, 0.2) is 18.2 Å². The van der Waals surface area contributed by atoms with E-state index in [-0.39, 0.29) is 24.3 Å². The summed E-state index contributed by atoms with van der Waals surface area (Å²) in [4.78, 5) is 11.2. The quantitative estimate of drug-likeness (QED) is 0.911. The predicted octanol–water partition coefficient (Wildman–Crippen LogP) is 2.70. The fourth-order valence-corrected chi connectivity index (χ4v) is 2.45. The first-order valence-corrected chi connectivity index (χ1v) is 6.64. The van der Waals surface area contributed by atoms with Crippen molar-refractivity contribution in [3.8, 4) is 0 Å². The highest BCUT2D eigenvalue weighted by molar-refractivity contribution is 5.79. The summed E-state index contributed by atoms with van der Waals surface area (Å²) < 4.78 is 19.1. The summed E-state index contributed by atoms with van der Waals surface area (Å²) in [6, 6.07) is 4.48. The van der Waals surface area contributed by atoms with Crippen LogP contribution in [0, 0.1) is 12.7 Å². The van der Waals surface area contributed by atoms with Crippen LogP contribution in [0.2, 0.25) is 0 Å². The van der Waals surface area contributed by atoms with E-state index in [2.05, 4.69) is 0 Å². The molecule has 104 valence electrons. The van der Waals surface area contributed by atoms with E-state index < -0.39 is 6.10 Å². The number of ether oxygens (including phenoxy) is 1. The van der Waals surface area contributed by atoms with Gasteiger partial charge in [0.1, 0.15) is 17.7 Å². The third-order valence-corrected chi connectivity index (χ3v) is 3.60. The van der Waals surface area contributed by atoms with E-state index in [1.807, 2.05) is 6.92 Å². The van der Waals surface area contributed by atoms with Gasteiger partial charge in [0.2, 0.25) is 0 Å². The molecule has 0 amide bonds. The Hall–Kier alpha value is -1.26. The van der Waals surface area contributed by atoms with Gasteiger partial charge < -0.3 is 9.84 Å². The molecule has 0 radical (unpaired) electrons. The van der Waals surface area contributed by atoms with E-state index in [0.29, 0.717) is 31.2 Å². The molecule has 3 nitrogen and oxygen atoms in total. The van der Waals surface area contributed by atoms with E-state index >= 15 is 0 Å². The van der Waals surface area contributed by atoms with Crippen molar-refractivity contribution in [1.29, 1.82) is 0 Å². The highest BCUT2D eigenvalue weighted by Gasteiger charge is 2.24. The summed E-state index contributed by atoms with van der Waals surface area (Å²) >= 11 is 0. The summed E-state index contributed by atoms with van der Waals surface area (Å²) in [5, 5.41) is 9.46. The van der Waals surface area contributed by atoms with Crippen molar-refractivity contribution in [2.24, 2.45) is 0 Å². The largest absolute Gasteiger partial charge is 0.393 e. The van der Waals surface area contributed by atoms with Crippen molar-refractivity contribution in [3.63, 3.8) is 0 Å². The van der Waals surface area contributed by atoms with Gasteiger partial charge in [-0.15, -0.1) is 0 Å². The lowest BCUT2D eigenvalue weighted by molar-refractivity contribution is -0.125. The molecule has 0 bridgehead atoms. The zero-order valence-electron chi connectivity index (χ0n) is 11.1. The molecule has 0 aliphatic heterocycles. The Morgan fingerprint density at radius 3 is 2.74 bits per heavy atom. The molecule has 1 aliphatic carbocycles. The molecule has 1 aromatic rings. The maximum Gasteiger partial charge on any atom is 0.133 e.